The highest BCUT2D eigenvalue weighted by atomic mass is 79.9. The fourth-order valence-electron chi connectivity index (χ4n) is 2.19. The molecule has 2 rings (SSSR count). The highest BCUT2D eigenvalue weighted by Gasteiger charge is 2.13. The van der Waals surface area contributed by atoms with Crippen LogP contribution in [0.3, 0.4) is 0 Å². The van der Waals surface area contributed by atoms with Gasteiger partial charge in [0.25, 0.3) is 0 Å². The van der Waals surface area contributed by atoms with E-state index >= 15 is 0 Å². The molecule has 21 heavy (non-hydrogen) atoms. The van der Waals surface area contributed by atoms with Gasteiger partial charge in [-0.05, 0) is 18.1 Å². The molecule has 0 atom stereocenters. The monoisotopic (exact) mass is 345 g/mol. The van der Waals surface area contributed by atoms with E-state index in [1.54, 1.807) is 0 Å². The average molecular weight is 346 g/mol. The third kappa shape index (κ3) is 5.01. The van der Waals surface area contributed by atoms with Gasteiger partial charge in [-0.3, -0.25) is 4.79 Å². The molecule has 0 saturated heterocycles. The Labute approximate surface area is 134 Å². The molecular formula is C18H20BrNO. The highest BCUT2D eigenvalue weighted by Crippen LogP contribution is 2.10. The summed E-state index contributed by atoms with van der Waals surface area (Å²) in [6.07, 6.45) is 0.458. The van der Waals surface area contributed by atoms with E-state index in [9.17, 15) is 4.79 Å². The fraction of sp³-hybridized carbons (Fsp3) is 0.278. The fourth-order valence-corrected chi connectivity index (χ4v) is 2.62. The summed E-state index contributed by atoms with van der Waals surface area (Å²) in [5.74, 6) is 0.169. The minimum absolute atomic E-state index is 0.169. The Bertz CT molecular complexity index is 566. The zero-order chi connectivity index (χ0) is 15.1. The summed E-state index contributed by atoms with van der Waals surface area (Å²) < 4.78 is 0. The third-order valence-electron chi connectivity index (χ3n) is 3.40. The maximum absolute atomic E-state index is 12.5. The molecule has 0 saturated carbocycles. The molecule has 0 radical (unpaired) electrons. The molecule has 0 bridgehead atoms. The standard InChI is InChI=1S/C18H20BrNO/c1-15-7-9-16(10-8-15)13-18(21)20(12-11-19)14-17-5-3-2-4-6-17/h2-10H,11-14H2,1H3. The lowest BCUT2D eigenvalue weighted by atomic mass is 10.1. The Morgan fingerprint density at radius 2 is 1.67 bits per heavy atom. The van der Waals surface area contributed by atoms with Gasteiger partial charge in [-0.2, -0.15) is 0 Å². The number of benzene rings is 2. The Balaban J connectivity index is 2.03. The topological polar surface area (TPSA) is 20.3 Å². The molecule has 0 unspecified atom stereocenters. The molecule has 0 N–H and O–H groups in total. The molecule has 0 aromatic heterocycles. The van der Waals surface area contributed by atoms with Crippen LogP contribution in [-0.2, 0) is 17.8 Å². The van der Waals surface area contributed by atoms with E-state index in [0.29, 0.717) is 13.0 Å². The van der Waals surface area contributed by atoms with Crippen molar-refractivity contribution in [2.75, 3.05) is 11.9 Å². The number of alkyl halides is 1. The van der Waals surface area contributed by atoms with Gasteiger partial charge in [-0.25, -0.2) is 0 Å². The predicted molar refractivity (Wildman–Crippen MR) is 90.5 cm³/mol. The highest BCUT2D eigenvalue weighted by molar-refractivity contribution is 9.09. The first-order valence-electron chi connectivity index (χ1n) is 7.12. The van der Waals surface area contributed by atoms with Gasteiger partial charge in [0.2, 0.25) is 5.91 Å². The van der Waals surface area contributed by atoms with Gasteiger partial charge in [0, 0.05) is 18.4 Å². The second-order valence-corrected chi connectivity index (χ2v) is 5.95. The molecule has 2 aromatic rings. The second kappa shape index (κ2) is 7.99. The summed E-state index contributed by atoms with van der Waals surface area (Å²) in [7, 11) is 0. The van der Waals surface area contributed by atoms with Crippen LogP contribution in [0.15, 0.2) is 54.6 Å². The van der Waals surface area contributed by atoms with Gasteiger partial charge in [0.1, 0.15) is 0 Å². The molecule has 2 aromatic carbocycles. The maximum Gasteiger partial charge on any atom is 0.227 e. The molecule has 0 aliphatic rings. The number of amides is 1. The van der Waals surface area contributed by atoms with Gasteiger partial charge in [-0.1, -0.05) is 76.1 Å². The maximum atomic E-state index is 12.5. The number of carbonyl (C=O) groups excluding carboxylic acids is 1. The lowest BCUT2D eigenvalue weighted by Crippen LogP contribution is -2.33. The summed E-state index contributed by atoms with van der Waals surface area (Å²) in [5.41, 5.74) is 3.45. The van der Waals surface area contributed by atoms with Crippen molar-refractivity contribution in [2.45, 2.75) is 19.9 Å². The molecule has 1 amide bonds. The van der Waals surface area contributed by atoms with Crippen molar-refractivity contribution in [1.82, 2.24) is 4.90 Å². The van der Waals surface area contributed by atoms with Crippen LogP contribution in [0.1, 0.15) is 16.7 Å². The van der Waals surface area contributed by atoms with Crippen LogP contribution in [0.25, 0.3) is 0 Å². The van der Waals surface area contributed by atoms with E-state index < -0.39 is 0 Å². The van der Waals surface area contributed by atoms with Crippen LogP contribution in [0.2, 0.25) is 0 Å². The normalized spacial score (nSPS) is 10.4. The second-order valence-electron chi connectivity index (χ2n) is 5.15. The van der Waals surface area contributed by atoms with Crippen molar-refractivity contribution in [3.63, 3.8) is 0 Å². The largest absolute Gasteiger partial charge is 0.337 e. The van der Waals surface area contributed by atoms with Crippen LogP contribution >= 0.6 is 15.9 Å². The molecule has 0 aliphatic carbocycles. The van der Waals surface area contributed by atoms with Gasteiger partial charge >= 0.3 is 0 Å². The Hall–Kier alpha value is -1.61. The molecule has 0 heterocycles. The van der Waals surface area contributed by atoms with Crippen LogP contribution in [-0.4, -0.2) is 22.7 Å². The summed E-state index contributed by atoms with van der Waals surface area (Å²) in [6.45, 7) is 3.44. The van der Waals surface area contributed by atoms with Crippen molar-refractivity contribution >= 4 is 21.8 Å². The zero-order valence-corrected chi connectivity index (χ0v) is 13.8. The first-order valence-corrected chi connectivity index (χ1v) is 8.24. The van der Waals surface area contributed by atoms with Crippen LogP contribution in [0.5, 0.6) is 0 Å². The van der Waals surface area contributed by atoms with Crippen molar-refractivity contribution in [1.29, 1.82) is 0 Å². The van der Waals surface area contributed by atoms with E-state index in [4.69, 9.17) is 0 Å². The minimum atomic E-state index is 0.169. The molecule has 0 aliphatic heterocycles. The lowest BCUT2D eigenvalue weighted by molar-refractivity contribution is -0.130. The Kier molecular flexibility index (Phi) is 6.00. The molecule has 2 nitrogen and oxygen atoms in total. The SMILES string of the molecule is Cc1ccc(CC(=O)N(CCBr)Cc2ccccc2)cc1. The number of hydrogen-bond acceptors (Lipinski definition) is 1. The number of halogens is 1. The van der Waals surface area contributed by atoms with Crippen LogP contribution in [0, 0.1) is 6.92 Å². The number of rotatable bonds is 6. The van der Waals surface area contributed by atoms with E-state index in [1.807, 2.05) is 35.2 Å². The van der Waals surface area contributed by atoms with Crippen molar-refractivity contribution in [2.24, 2.45) is 0 Å². The summed E-state index contributed by atoms with van der Waals surface area (Å²) >= 11 is 3.43. The van der Waals surface area contributed by atoms with Crippen LogP contribution in [0.4, 0.5) is 0 Å². The van der Waals surface area contributed by atoms with E-state index in [-0.39, 0.29) is 5.91 Å². The number of hydrogen-bond donors (Lipinski definition) is 0. The van der Waals surface area contributed by atoms with Crippen molar-refractivity contribution in [3.05, 3.63) is 71.3 Å². The smallest absolute Gasteiger partial charge is 0.227 e. The summed E-state index contributed by atoms with van der Waals surface area (Å²) in [5, 5.41) is 0.791. The summed E-state index contributed by atoms with van der Waals surface area (Å²) in [4.78, 5) is 14.4. The summed E-state index contributed by atoms with van der Waals surface area (Å²) in [6, 6.07) is 18.3. The molecule has 3 heteroatoms. The van der Waals surface area contributed by atoms with Gasteiger partial charge < -0.3 is 4.90 Å². The Morgan fingerprint density at radius 1 is 1.00 bits per heavy atom. The van der Waals surface area contributed by atoms with Gasteiger partial charge in [-0.15, -0.1) is 0 Å². The first-order chi connectivity index (χ1) is 10.2. The molecule has 0 spiro atoms. The number of carbonyl (C=O) groups is 1. The van der Waals surface area contributed by atoms with Crippen molar-refractivity contribution < 1.29 is 4.79 Å². The van der Waals surface area contributed by atoms with Gasteiger partial charge in [0.15, 0.2) is 0 Å². The molecular weight excluding hydrogens is 326 g/mol. The molecule has 110 valence electrons. The number of aryl methyl sites for hydroxylation is 1. The zero-order valence-electron chi connectivity index (χ0n) is 12.3. The molecule has 0 fully saturated rings. The predicted octanol–water partition coefficient (Wildman–Crippen LogP) is 3.96. The van der Waals surface area contributed by atoms with E-state index in [0.717, 1.165) is 23.0 Å². The van der Waals surface area contributed by atoms with E-state index in [1.165, 1.54) is 5.56 Å². The minimum Gasteiger partial charge on any atom is -0.337 e. The quantitative estimate of drug-likeness (QED) is 0.725. The third-order valence-corrected chi connectivity index (χ3v) is 3.75. The first kappa shape index (κ1) is 15.8. The van der Waals surface area contributed by atoms with Crippen molar-refractivity contribution in [3.8, 4) is 0 Å². The van der Waals surface area contributed by atoms with E-state index in [2.05, 4.69) is 47.1 Å². The van der Waals surface area contributed by atoms with Gasteiger partial charge in [0.05, 0.1) is 6.42 Å². The Morgan fingerprint density at radius 3 is 2.29 bits per heavy atom. The average Bonchev–Trinajstić information content (AvgIpc) is 2.50. The lowest BCUT2D eigenvalue weighted by Gasteiger charge is -2.22. The number of nitrogens with zero attached hydrogens (tertiary/aromatic N) is 1. The van der Waals surface area contributed by atoms with Crippen LogP contribution < -0.4 is 0 Å².